The van der Waals surface area contributed by atoms with Crippen molar-refractivity contribution in [2.75, 3.05) is 6.61 Å². The van der Waals surface area contributed by atoms with Crippen LogP contribution in [0.15, 0.2) is 29.0 Å². The summed E-state index contributed by atoms with van der Waals surface area (Å²) in [5.41, 5.74) is -3.06. The fourth-order valence-electron chi connectivity index (χ4n) is 5.31. The topological polar surface area (TPSA) is 158 Å². The average Bonchev–Trinajstić information content (AvgIpc) is 2.76. The molecule has 0 amide bonds. The van der Waals surface area contributed by atoms with Crippen LogP contribution in [-0.2, 0) is 25.5 Å². The molecule has 0 aromatic heterocycles. The molecule has 0 bridgehead atoms. The van der Waals surface area contributed by atoms with Crippen molar-refractivity contribution in [1.29, 1.82) is 0 Å². The van der Waals surface area contributed by atoms with Crippen molar-refractivity contribution in [3.8, 4) is 5.75 Å². The number of aromatic hydroxyl groups is 1. The van der Waals surface area contributed by atoms with Crippen LogP contribution < -0.4 is 0 Å². The highest BCUT2D eigenvalue weighted by Gasteiger charge is 2.60. The summed E-state index contributed by atoms with van der Waals surface area (Å²) < 4.78 is 5.29. The number of ether oxygens (including phenoxy) is 1. The van der Waals surface area contributed by atoms with Gasteiger partial charge in [-0.05, 0) is 49.8 Å². The zero-order valence-corrected chi connectivity index (χ0v) is 18.9. The molecule has 3 aliphatic carbocycles. The molecule has 3 aliphatic rings. The predicted octanol–water partition coefficient (Wildman–Crippen LogP) is 2.48. The number of aliphatic hydroxyl groups excluding tert-OH is 2. The fraction of sp³-hybridized carbons (Fsp3) is 0.440. The van der Waals surface area contributed by atoms with Crippen molar-refractivity contribution < 1.29 is 44.3 Å². The third kappa shape index (κ3) is 3.34. The predicted molar refractivity (Wildman–Crippen MR) is 118 cm³/mol. The number of benzene rings is 1. The van der Waals surface area contributed by atoms with Crippen LogP contribution in [0.25, 0.3) is 5.76 Å². The number of fused-ring (bicyclic) bond motifs is 3. The molecule has 1 aromatic carbocycles. The second kappa shape index (κ2) is 8.39. The van der Waals surface area contributed by atoms with Crippen LogP contribution in [0.5, 0.6) is 5.75 Å². The summed E-state index contributed by atoms with van der Waals surface area (Å²) in [6, 6.07) is 2.60. The Kier molecular flexibility index (Phi) is 5.85. The highest BCUT2D eigenvalue weighted by atomic mass is 16.5. The van der Waals surface area contributed by atoms with Crippen LogP contribution in [0.3, 0.4) is 0 Å². The molecule has 0 saturated heterocycles. The number of ketones is 3. The number of Topliss-reactive ketones (excluding diaryl/α,β-unsaturated/α-hetero) is 3. The molecule has 0 radical (unpaired) electrons. The molecule has 0 heterocycles. The molecule has 3 atom stereocenters. The Morgan fingerprint density at radius 1 is 1.15 bits per heavy atom. The van der Waals surface area contributed by atoms with Crippen molar-refractivity contribution in [1.82, 2.24) is 0 Å². The Morgan fingerprint density at radius 2 is 1.85 bits per heavy atom. The van der Waals surface area contributed by atoms with Crippen LogP contribution >= 0.6 is 0 Å². The van der Waals surface area contributed by atoms with Crippen LogP contribution in [0.2, 0.25) is 0 Å². The van der Waals surface area contributed by atoms with Gasteiger partial charge in [-0.3, -0.25) is 14.4 Å². The Balaban J connectivity index is 1.84. The molecular weight excluding hydrogens is 444 g/mol. The van der Waals surface area contributed by atoms with Gasteiger partial charge in [0.1, 0.15) is 22.8 Å². The van der Waals surface area contributed by atoms with Crippen molar-refractivity contribution >= 4 is 29.1 Å². The number of phenols is 1. The summed E-state index contributed by atoms with van der Waals surface area (Å²) in [6.07, 6.45) is 1.27. The number of unbranched alkanes of at least 4 members (excludes halogenated alkanes) is 1. The number of esters is 1. The van der Waals surface area contributed by atoms with Crippen LogP contribution in [0.4, 0.5) is 0 Å². The van der Waals surface area contributed by atoms with Gasteiger partial charge in [0.05, 0.1) is 17.7 Å². The van der Waals surface area contributed by atoms with E-state index in [1.165, 1.54) is 12.1 Å². The molecule has 3 unspecified atom stereocenters. The van der Waals surface area contributed by atoms with Gasteiger partial charge < -0.3 is 25.2 Å². The number of hydrogen-bond donors (Lipinski definition) is 4. The summed E-state index contributed by atoms with van der Waals surface area (Å²) >= 11 is 0. The zero-order valence-electron chi connectivity index (χ0n) is 18.9. The average molecular weight is 470 g/mol. The van der Waals surface area contributed by atoms with Gasteiger partial charge in [0, 0.05) is 17.9 Å². The van der Waals surface area contributed by atoms with E-state index in [1.807, 2.05) is 6.92 Å². The van der Waals surface area contributed by atoms with E-state index in [-0.39, 0.29) is 48.3 Å². The van der Waals surface area contributed by atoms with Gasteiger partial charge >= 0.3 is 5.97 Å². The van der Waals surface area contributed by atoms with Gasteiger partial charge in [-0.15, -0.1) is 0 Å². The molecule has 4 rings (SSSR count). The van der Waals surface area contributed by atoms with Gasteiger partial charge in [-0.1, -0.05) is 13.3 Å². The van der Waals surface area contributed by atoms with E-state index in [1.54, 1.807) is 0 Å². The lowest BCUT2D eigenvalue weighted by atomic mass is 9.59. The number of phenolic OH excluding ortho intramolecular Hbond substituents is 1. The molecule has 9 heteroatoms. The monoisotopic (exact) mass is 470 g/mol. The lowest BCUT2D eigenvalue weighted by molar-refractivity contribution is -0.147. The maximum absolute atomic E-state index is 13.5. The van der Waals surface area contributed by atoms with E-state index in [4.69, 9.17) is 4.74 Å². The fourth-order valence-corrected chi connectivity index (χ4v) is 5.31. The van der Waals surface area contributed by atoms with E-state index < -0.39 is 57.8 Å². The Labute approximate surface area is 195 Å². The maximum Gasteiger partial charge on any atom is 0.338 e. The van der Waals surface area contributed by atoms with Gasteiger partial charge in [0.25, 0.3) is 0 Å². The highest BCUT2D eigenvalue weighted by molar-refractivity contribution is 6.23. The van der Waals surface area contributed by atoms with Gasteiger partial charge in [-0.2, -0.15) is 0 Å². The second-order valence-corrected chi connectivity index (χ2v) is 9.07. The number of carbonyl (C=O) groups excluding carboxylic acids is 4. The quantitative estimate of drug-likeness (QED) is 0.288. The summed E-state index contributed by atoms with van der Waals surface area (Å²) in [4.78, 5) is 50.5. The number of hydrogen-bond acceptors (Lipinski definition) is 9. The third-order valence-electron chi connectivity index (χ3n) is 7.00. The molecular formula is C25H26O9. The minimum Gasteiger partial charge on any atom is -0.508 e. The van der Waals surface area contributed by atoms with Crippen molar-refractivity contribution in [3.63, 3.8) is 0 Å². The van der Waals surface area contributed by atoms with Crippen LogP contribution in [-0.4, -0.2) is 56.0 Å². The minimum absolute atomic E-state index is 0.0298. The van der Waals surface area contributed by atoms with Crippen LogP contribution in [0.1, 0.15) is 61.0 Å². The lowest BCUT2D eigenvalue weighted by Gasteiger charge is -2.46. The molecule has 0 spiro atoms. The first-order valence-electron chi connectivity index (χ1n) is 11.2. The van der Waals surface area contributed by atoms with Gasteiger partial charge in [0.15, 0.2) is 17.2 Å². The van der Waals surface area contributed by atoms with Gasteiger partial charge in [-0.25, -0.2) is 4.79 Å². The number of carbonyl (C=O) groups is 4. The molecule has 0 aliphatic heterocycles. The number of rotatable bonds is 5. The Hall–Kier alpha value is -3.46. The maximum atomic E-state index is 13.5. The molecule has 1 fully saturated rings. The first-order chi connectivity index (χ1) is 16.0. The summed E-state index contributed by atoms with van der Waals surface area (Å²) in [7, 11) is 0. The van der Waals surface area contributed by atoms with Gasteiger partial charge in [0.2, 0.25) is 5.78 Å². The molecule has 1 aromatic rings. The van der Waals surface area contributed by atoms with E-state index >= 15 is 0 Å². The Bertz CT molecular complexity index is 1190. The van der Waals surface area contributed by atoms with E-state index in [9.17, 15) is 39.6 Å². The van der Waals surface area contributed by atoms with E-state index in [0.29, 0.717) is 12.0 Å². The first-order valence-corrected chi connectivity index (χ1v) is 11.2. The Morgan fingerprint density at radius 3 is 2.50 bits per heavy atom. The lowest BCUT2D eigenvalue weighted by Crippen LogP contribution is -2.57. The standard InChI is InChI=1S/C25H26O9/c1-3-4-7-34-24(32)14-5-6-16(27)20-15(14)9-12-8-13-10-17(28)18(11(2)26)22(30)25(13,33)23(31)19(12)21(20)29/h5-6,12-13,27,29-30,33H,3-4,7-10H2,1-2H3. The van der Waals surface area contributed by atoms with Crippen LogP contribution in [0, 0.1) is 11.8 Å². The molecule has 9 nitrogen and oxygen atoms in total. The smallest absolute Gasteiger partial charge is 0.338 e. The first kappa shape index (κ1) is 23.7. The molecule has 180 valence electrons. The third-order valence-corrected chi connectivity index (χ3v) is 7.00. The normalized spacial score (nSPS) is 26.1. The summed E-state index contributed by atoms with van der Waals surface area (Å²) in [5, 5.41) is 43.4. The van der Waals surface area contributed by atoms with Crippen molar-refractivity contribution in [2.24, 2.45) is 11.8 Å². The number of allylic oxidation sites excluding steroid dienone is 1. The van der Waals surface area contributed by atoms with Crippen molar-refractivity contribution in [2.45, 2.75) is 51.6 Å². The number of aliphatic hydroxyl groups is 3. The minimum atomic E-state index is -2.54. The zero-order chi connectivity index (χ0) is 24.9. The summed E-state index contributed by atoms with van der Waals surface area (Å²) in [5.74, 6) is -6.79. The van der Waals surface area contributed by atoms with E-state index in [0.717, 1.165) is 13.3 Å². The van der Waals surface area contributed by atoms with Crippen molar-refractivity contribution in [3.05, 3.63) is 45.7 Å². The van der Waals surface area contributed by atoms with E-state index in [2.05, 4.69) is 0 Å². The summed E-state index contributed by atoms with van der Waals surface area (Å²) in [6.45, 7) is 3.21. The second-order valence-electron chi connectivity index (χ2n) is 9.07. The highest BCUT2D eigenvalue weighted by Crippen LogP contribution is 2.52. The SMILES string of the molecule is CCCCOC(=O)c1ccc(O)c2c1CC1CC3CC(=O)C(C(C)=O)=C(O)C3(O)C(=O)C1=C2O. The largest absolute Gasteiger partial charge is 0.508 e. The molecule has 4 N–H and O–H groups in total. The molecule has 34 heavy (non-hydrogen) atoms. The molecule has 1 saturated carbocycles.